The third kappa shape index (κ3) is 2.43. The first-order valence-corrected chi connectivity index (χ1v) is 8.86. The lowest BCUT2D eigenvalue weighted by atomic mass is 10.1. The summed E-state index contributed by atoms with van der Waals surface area (Å²) in [6.45, 7) is 1.77. The summed E-state index contributed by atoms with van der Waals surface area (Å²) in [7, 11) is 0. The topological polar surface area (TPSA) is 49.0 Å². The van der Waals surface area contributed by atoms with Gasteiger partial charge < -0.3 is 4.98 Å². The summed E-state index contributed by atoms with van der Waals surface area (Å²) in [6.07, 6.45) is 2.38. The second-order valence-corrected chi connectivity index (χ2v) is 7.03. The molecule has 108 valence electrons. The summed E-state index contributed by atoms with van der Waals surface area (Å²) in [6, 6.07) is 4.57. The zero-order valence-electron chi connectivity index (χ0n) is 11.4. The smallest absolute Gasteiger partial charge is 0.268 e. The molecule has 0 aromatic carbocycles. The van der Waals surface area contributed by atoms with Crippen LogP contribution in [0.3, 0.4) is 0 Å². The highest BCUT2D eigenvalue weighted by Crippen LogP contribution is 2.33. The number of hydrogen-bond acceptors (Lipinski definition) is 5. The molecule has 0 amide bonds. The molecule has 21 heavy (non-hydrogen) atoms. The number of fused-ring (bicyclic) bond motifs is 1. The third-order valence-electron chi connectivity index (χ3n) is 4.01. The van der Waals surface area contributed by atoms with Gasteiger partial charge >= 0.3 is 0 Å². The molecular formula is C15H15N3OS2. The van der Waals surface area contributed by atoms with E-state index in [1.54, 1.807) is 11.3 Å². The van der Waals surface area contributed by atoms with Crippen LogP contribution in [0, 0.1) is 0 Å². The molecule has 0 aliphatic carbocycles. The van der Waals surface area contributed by atoms with Crippen LogP contribution in [-0.4, -0.2) is 21.4 Å². The van der Waals surface area contributed by atoms with Crippen molar-refractivity contribution in [2.75, 3.05) is 6.54 Å². The molecule has 0 spiro atoms. The van der Waals surface area contributed by atoms with Crippen LogP contribution in [0.4, 0.5) is 0 Å². The van der Waals surface area contributed by atoms with Crippen LogP contribution in [-0.2, 0) is 6.54 Å². The highest BCUT2D eigenvalue weighted by Gasteiger charge is 2.26. The van der Waals surface area contributed by atoms with E-state index in [1.807, 2.05) is 11.4 Å². The molecule has 4 nitrogen and oxygen atoms in total. The number of aromatic amines is 1. The van der Waals surface area contributed by atoms with Crippen molar-refractivity contribution in [3.8, 4) is 0 Å². The minimum atomic E-state index is -0.0173. The number of aromatic nitrogens is 2. The fraction of sp³-hybridized carbons (Fsp3) is 0.333. The molecule has 1 aliphatic rings. The Bertz CT molecular complexity index is 806. The van der Waals surface area contributed by atoms with Crippen molar-refractivity contribution in [2.45, 2.75) is 25.4 Å². The van der Waals surface area contributed by atoms with Crippen molar-refractivity contribution < 1.29 is 0 Å². The van der Waals surface area contributed by atoms with Gasteiger partial charge in [0.2, 0.25) is 0 Å². The Hall–Kier alpha value is -1.50. The van der Waals surface area contributed by atoms with Crippen molar-refractivity contribution in [2.24, 2.45) is 0 Å². The summed E-state index contributed by atoms with van der Waals surface area (Å²) >= 11 is 3.19. The highest BCUT2D eigenvalue weighted by molar-refractivity contribution is 7.17. The van der Waals surface area contributed by atoms with E-state index in [0.717, 1.165) is 22.6 Å². The number of likely N-dealkylation sites (tertiary alicyclic amines) is 1. The molecule has 4 heterocycles. The lowest BCUT2D eigenvalue weighted by molar-refractivity contribution is 0.243. The largest absolute Gasteiger partial charge is 0.308 e. The Morgan fingerprint density at radius 3 is 3.19 bits per heavy atom. The van der Waals surface area contributed by atoms with Gasteiger partial charge in [-0.05, 0) is 53.2 Å². The summed E-state index contributed by atoms with van der Waals surface area (Å²) < 4.78 is 0.717. The van der Waals surface area contributed by atoms with Crippen molar-refractivity contribution >= 4 is 32.9 Å². The Balaban J connectivity index is 1.63. The molecule has 1 saturated heterocycles. The van der Waals surface area contributed by atoms with Crippen LogP contribution in [0.1, 0.15) is 30.3 Å². The minimum Gasteiger partial charge on any atom is -0.308 e. The Morgan fingerprint density at radius 1 is 1.38 bits per heavy atom. The maximum absolute atomic E-state index is 12.0. The van der Waals surface area contributed by atoms with Crippen LogP contribution >= 0.6 is 22.7 Å². The van der Waals surface area contributed by atoms with E-state index in [4.69, 9.17) is 0 Å². The normalized spacial score (nSPS) is 19.5. The zero-order valence-corrected chi connectivity index (χ0v) is 13.0. The SMILES string of the molecule is O=c1[nH]c(CN2CCCC2c2ccsc2)nc2ccsc12. The first-order valence-electron chi connectivity index (χ1n) is 7.04. The van der Waals surface area contributed by atoms with Crippen LogP contribution in [0.5, 0.6) is 0 Å². The maximum atomic E-state index is 12.0. The fourth-order valence-corrected chi connectivity index (χ4v) is 4.48. The third-order valence-corrected chi connectivity index (χ3v) is 5.61. The molecule has 1 unspecified atom stereocenters. The van der Waals surface area contributed by atoms with Crippen molar-refractivity contribution in [1.82, 2.24) is 14.9 Å². The Kier molecular flexibility index (Phi) is 3.37. The van der Waals surface area contributed by atoms with Crippen LogP contribution in [0.2, 0.25) is 0 Å². The molecule has 3 aromatic rings. The second kappa shape index (κ2) is 5.36. The highest BCUT2D eigenvalue weighted by atomic mass is 32.1. The number of thiophene rings is 2. The van der Waals surface area contributed by atoms with Gasteiger partial charge in [0.1, 0.15) is 10.5 Å². The predicted octanol–water partition coefficient (Wildman–Crippen LogP) is 3.38. The van der Waals surface area contributed by atoms with E-state index in [9.17, 15) is 4.79 Å². The molecule has 6 heteroatoms. The molecule has 0 saturated carbocycles. The van der Waals surface area contributed by atoms with Gasteiger partial charge in [-0.1, -0.05) is 0 Å². The van der Waals surface area contributed by atoms with Gasteiger partial charge in [-0.25, -0.2) is 4.98 Å². The van der Waals surface area contributed by atoms with Gasteiger partial charge in [0.15, 0.2) is 0 Å². The van der Waals surface area contributed by atoms with Gasteiger partial charge in [0.05, 0.1) is 12.1 Å². The summed E-state index contributed by atoms with van der Waals surface area (Å²) in [5.41, 5.74) is 2.18. The molecule has 1 aliphatic heterocycles. The Labute approximate surface area is 130 Å². The molecule has 0 radical (unpaired) electrons. The maximum Gasteiger partial charge on any atom is 0.268 e. The first-order chi connectivity index (χ1) is 10.3. The quantitative estimate of drug-likeness (QED) is 0.805. The van der Waals surface area contributed by atoms with Crippen LogP contribution < -0.4 is 5.56 Å². The van der Waals surface area contributed by atoms with E-state index in [2.05, 4.69) is 31.7 Å². The summed E-state index contributed by atoms with van der Waals surface area (Å²) in [5, 5.41) is 6.27. The van der Waals surface area contributed by atoms with E-state index < -0.39 is 0 Å². The summed E-state index contributed by atoms with van der Waals surface area (Å²) in [4.78, 5) is 22.0. The molecule has 0 bridgehead atoms. The van der Waals surface area contributed by atoms with E-state index in [1.165, 1.54) is 29.7 Å². The first kappa shape index (κ1) is 13.2. The van der Waals surface area contributed by atoms with E-state index in [0.29, 0.717) is 12.6 Å². The lowest BCUT2D eigenvalue weighted by Crippen LogP contribution is -2.25. The van der Waals surface area contributed by atoms with Crippen molar-refractivity contribution in [1.29, 1.82) is 0 Å². The number of nitrogens with one attached hydrogen (secondary N) is 1. The number of H-pyrrole nitrogens is 1. The average Bonchev–Trinajstić information content (AvgIpc) is 3.19. The van der Waals surface area contributed by atoms with Gasteiger partial charge in [-0.15, -0.1) is 11.3 Å². The zero-order chi connectivity index (χ0) is 14.2. The van der Waals surface area contributed by atoms with Crippen molar-refractivity contribution in [3.05, 3.63) is 50.0 Å². The van der Waals surface area contributed by atoms with Gasteiger partial charge in [0.25, 0.3) is 5.56 Å². The van der Waals surface area contributed by atoms with E-state index in [-0.39, 0.29) is 5.56 Å². The molecule has 4 rings (SSSR count). The molecule has 3 aromatic heterocycles. The molecule has 1 N–H and O–H groups in total. The monoisotopic (exact) mass is 317 g/mol. The standard InChI is InChI=1S/C15H15N3OS2/c19-15-14-11(4-7-21-14)16-13(17-15)8-18-5-1-2-12(18)10-3-6-20-9-10/h3-4,6-7,9,12H,1-2,5,8H2,(H,16,17,19). The summed E-state index contributed by atoms with van der Waals surface area (Å²) in [5.74, 6) is 0.771. The van der Waals surface area contributed by atoms with Gasteiger partial charge in [0, 0.05) is 6.04 Å². The number of hydrogen-bond donors (Lipinski definition) is 1. The minimum absolute atomic E-state index is 0.0173. The molecule has 1 atom stereocenters. The van der Waals surface area contributed by atoms with Crippen LogP contribution in [0.25, 0.3) is 10.2 Å². The lowest BCUT2D eigenvalue weighted by Gasteiger charge is -2.23. The van der Waals surface area contributed by atoms with Crippen molar-refractivity contribution in [3.63, 3.8) is 0 Å². The average molecular weight is 317 g/mol. The van der Waals surface area contributed by atoms with E-state index >= 15 is 0 Å². The molecular weight excluding hydrogens is 302 g/mol. The van der Waals surface area contributed by atoms with Gasteiger partial charge in [-0.2, -0.15) is 11.3 Å². The van der Waals surface area contributed by atoms with Crippen LogP contribution in [0.15, 0.2) is 33.1 Å². The second-order valence-electron chi connectivity index (χ2n) is 5.33. The molecule has 1 fully saturated rings. The Morgan fingerprint density at radius 2 is 2.33 bits per heavy atom. The number of rotatable bonds is 3. The van der Waals surface area contributed by atoms with Gasteiger partial charge in [-0.3, -0.25) is 9.69 Å². The fourth-order valence-electron chi connectivity index (χ4n) is 3.05. The number of nitrogens with zero attached hydrogens (tertiary/aromatic N) is 2. The predicted molar refractivity (Wildman–Crippen MR) is 86.9 cm³/mol.